The third kappa shape index (κ3) is 5.94. The van der Waals surface area contributed by atoms with Crippen LogP contribution in [-0.4, -0.2) is 21.7 Å². The lowest BCUT2D eigenvalue weighted by Gasteiger charge is -2.19. The first-order valence-electron chi connectivity index (χ1n) is 7.49. The van der Waals surface area contributed by atoms with Crippen molar-refractivity contribution in [2.75, 3.05) is 5.32 Å². The van der Waals surface area contributed by atoms with E-state index in [-0.39, 0.29) is 5.69 Å². The Balaban J connectivity index is 0.00000127. The van der Waals surface area contributed by atoms with E-state index in [0.29, 0.717) is 5.69 Å². The Bertz CT molecular complexity index is 688. The number of carbonyl (C=O) groups excluding carboxylic acids is 1. The van der Waals surface area contributed by atoms with Crippen LogP contribution in [0.15, 0.2) is 41.5 Å². The van der Waals surface area contributed by atoms with Gasteiger partial charge < -0.3 is 9.72 Å². The van der Waals surface area contributed by atoms with Gasteiger partial charge in [-0.1, -0.05) is 13.8 Å². The lowest BCUT2D eigenvalue weighted by Crippen LogP contribution is -2.29. The van der Waals surface area contributed by atoms with Crippen LogP contribution in [0.25, 0.3) is 11.3 Å². The Labute approximate surface area is 135 Å². The van der Waals surface area contributed by atoms with E-state index in [4.69, 9.17) is 4.74 Å². The molecule has 2 aromatic heterocycles. The second-order valence-corrected chi connectivity index (χ2v) is 5.48. The Kier molecular flexibility index (Phi) is 6.50. The fraction of sp³-hybridized carbons (Fsp3) is 0.353. The molecule has 0 aliphatic carbocycles. The molecule has 0 aliphatic rings. The van der Waals surface area contributed by atoms with Gasteiger partial charge in [-0.05, 0) is 45.0 Å². The van der Waals surface area contributed by atoms with E-state index in [1.807, 2.05) is 13.8 Å². The number of nitrogens with one attached hydrogen (secondary N) is 2. The average molecular weight is 317 g/mol. The zero-order valence-corrected chi connectivity index (χ0v) is 14.1. The normalized spacial score (nSPS) is 10.3. The lowest BCUT2D eigenvalue weighted by molar-refractivity contribution is 0.0635. The van der Waals surface area contributed by atoms with E-state index in [0.717, 1.165) is 5.56 Å². The van der Waals surface area contributed by atoms with Crippen LogP contribution >= 0.6 is 0 Å². The molecule has 0 fully saturated rings. The number of anilines is 1. The molecule has 2 aromatic rings. The summed E-state index contributed by atoms with van der Waals surface area (Å²) in [6.07, 6.45) is 2.62. The minimum Gasteiger partial charge on any atom is -0.444 e. The molecule has 2 N–H and O–H groups in total. The fourth-order valence-corrected chi connectivity index (χ4v) is 1.69. The fourth-order valence-electron chi connectivity index (χ4n) is 1.69. The molecule has 0 aromatic carbocycles. The Morgan fingerprint density at radius 3 is 2.26 bits per heavy atom. The van der Waals surface area contributed by atoms with Crippen LogP contribution in [-0.2, 0) is 4.74 Å². The number of H-pyrrole nitrogens is 1. The summed E-state index contributed by atoms with van der Waals surface area (Å²) in [5.41, 5.74) is 0.619. The maximum absolute atomic E-state index is 12.0. The molecule has 0 unspecified atom stereocenters. The molecule has 0 bridgehead atoms. The summed E-state index contributed by atoms with van der Waals surface area (Å²) in [4.78, 5) is 30.2. The van der Waals surface area contributed by atoms with E-state index < -0.39 is 17.3 Å². The molecule has 0 aliphatic heterocycles. The van der Waals surface area contributed by atoms with Gasteiger partial charge in [0.2, 0.25) is 0 Å². The molecule has 2 rings (SSSR count). The zero-order chi connectivity index (χ0) is 17.5. The molecule has 124 valence electrons. The largest absolute Gasteiger partial charge is 0.444 e. The maximum atomic E-state index is 12.0. The van der Waals surface area contributed by atoms with Gasteiger partial charge in [0.05, 0.1) is 0 Å². The Morgan fingerprint density at radius 2 is 1.74 bits per heavy atom. The van der Waals surface area contributed by atoms with Crippen molar-refractivity contribution in [2.24, 2.45) is 0 Å². The third-order valence-electron chi connectivity index (χ3n) is 2.54. The van der Waals surface area contributed by atoms with Gasteiger partial charge in [0.1, 0.15) is 11.3 Å². The maximum Gasteiger partial charge on any atom is 0.412 e. The predicted molar refractivity (Wildman–Crippen MR) is 91.5 cm³/mol. The van der Waals surface area contributed by atoms with Crippen molar-refractivity contribution in [3.8, 4) is 11.3 Å². The van der Waals surface area contributed by atoms with Crippen molar-refractivity contribution in [1.82, 2.24) is 9.97 Å². The molecule has 0 radical (unpaired) electrons. The number of ether oxygens (including phenoxy) is 1. The van der Waals surface area contributed by atoms with Gasteiger partial charge in [-0.25, -0.2) is 4.79 Å². The number of hydrogen-bond donors (Lipinski definition) is 2. The van der Waals surface area contributed by atoms with Crippen LogP contribution in [0.2, 0.25) is 0 Å². The first-order chi connectivity index (χ1) is 10.8. The van der Waals surface area contributed by atoms with E-state index in [9.17, 15) is 9.59 Å². The third-order valence-corrected chi connectivity index (χ3v) is 2.54. The number of carbonyl (C=O) groups is 1. The van der Waals surface area contributed by atoms with Crippen LogP contribution in [0.4, 0.5) is 10.5 Å². The summed E-state index contributed by atoms with van der Waals surface area (Å²) in [7, 11) is 0. The van der Waals surface area contributed by atoms with Crippen molar-refractivity contribution < 1.29 is 9.53 Å². The standard InChI is InChI=1S/C15H17N3O3.C2H6/c1-15(2,3)21-14(20)18-12-5-4-11(17-13(12)19)10-6-8-16-9-7-10;1-2/h4-9H,1-3H3,(H,17,19)(H,18,20);1-2H3. The van der Waals surface area contributed by atoms with Gasteiger partial charge in [-0.2, -0.15) is 0 Å². The zero-order valence-electron chi connectivity index (χ0n) is 14.1. The van der Waals surface area contributed by atoms with E-state index in [2.05, 4.69) is 15.3 Å². The molecule has 1 amide bonds. The van der Waals surface area contributed by atoms with Gasteiger partial charge in [-0.15, -0.1) is 0 Å². The number of rotatable bonds is 2. The number of hydrogen-bond acceptors (Lipinski definition) is 4. The predicted octanol–water partition coefficient (Wildman–Crippen LogP) is 3.81. The van der Waals surface area contributed by atoms with Gasteiger partial charge in [0.15, 0.2) is 0 Å². The molecule has 23 heavy (non-hydrogen) atoms. The minimum absolute atomic E-state index is 0.141. The molecule has 2 heterocycles. The van der Waals surface area contributed by atoms with Crippen molar-refractivity contribution in [1.29, 1.82) is 0 Å². The van der Waals surface area contributed by atoms with Crippen LogP contribution in [0.3, 0.4) is 0 Å². The van der Waals surface area contributed by atoms with Gasteiger partial charge in [0.25, 0.3) is 5.56 Å². The average Bonchev–Trinajstić information content (AvgIpc) is 2.50. The smallest absolute Gasteiger partial charge is 0.412 e. The highest BCUT2D eigenvalue weighted by Gasteiger charge is 2.17. The highest BCUT2D eigenvalue weighted by Crippen LogP contribution is 2.15. The minimum atomic E-state index is -0.662. The van der Waals surface area contributed by atoms with Crippen LogP contribution in [0.1, 0.15) is 34.6 Å². The SMILES string of the molecule is CC.CC(C)(C)OC(=O)Nc1ccc(-c2ccncc2)[nH]c1=O. The van der Waals surface area contributed by atoms with E-state index >= 15 is 0 Å². The van der Waals surface area contributed by atoms with Crippen molar-refractivity contribution in [3.63, 3.8) is 0 Å². The van der Waals surface area contributed by atoms with E-state index in [1.54, 1.807) is 57.4 Å². The number of nitrogens with zero attached hydrogens (tertiary/aromatic N) is 1. The van der Waals surface area contributed by atoms with E-state index in [1.165, 1.54) is 0 Å². The van der Waals surface area contributed by atoms with Crippen molar-refractivity contribution in [2.45, 2.75) is 40.2 Å². The Hall–Kier alpha value is -2.63. The van der Waals surface area contributed by atoms with Gasteiger partial charge in [-0.3, -0.25) is 15.1 Å². The second kappa shape index (κ2) is 8.12. The summed E-state index contributed by atoms with van der Waals surface area (Å²) in [6, 6.07) is 6.82. The van der Waals surface area contributed by atoms with Gasteiger partial charge >= 0.3 is 6.09 Å². The molecule has 6 nitrogen and oxygen atoms in total. The summed E-state index contributed by atoms with van der Waals surface area (Å²) < 4.78 is 5.10. The van der Waals surface area contributed by atoms with Crippen LogP contribution in [0.5, 0.6) is 0 Å². The topological polar surface area (TPSA) is 84.1 Å². The highest BCUT2D eigenvalue weighted by atomic mass is 16.6. The molecular formula is C17H23N3O3. The molecule has 0 saturated carbocycles. The first-order valence-corrected chi connectivity index (χ1v) is 7.49. The monoisotopic (exact) mass is 317 g/mol. The molecule has 6 heteroatoms. The number of amides is 1. The summed E-state index contributed by atoms with van der Waals surface area (Å²) >= 11 is 0. The van der Waals surface area contributed by atoms with Gasteiger partial charge in [0, 0.05) is 23.7 Å². The van der Waals surface area contributed by atoms with Crippen LogP contribution in [0, 0.1) is 0 Å². The molecule has 0 saturated heterocycles. The molecule has 0 atom stereocenters. The first kappa shape index (κ1) is 18.4. The number of aromatic nitrogens is 2. The van der Waals surface area contributed by atoms with Crippen molar-refractivity contribution in [3.05, 3.63) is 47.0 Å². The molecule has 0 spiro atoms. The quantitative estimate of drug-likeness (QED) is 0.882. The summed E-state index contributed by atoms with van der Waals surface area (Å²) in [5, 5.41) is 2.43. The summed E-state index contributed by atoms with van der Waals surface area (Å²) in [5.74, 6) is 0. The van der Waals surface area contributed by atoms with Crippen LogP contribution < -0.4 is 10.9 Å². The second-order valence-electron chi connectivity index (χ2n) is 5.48. The molecular weight excluding hydrogens is 294 g/mol. The number of pyridine rings is 2. The number of aromatic amines is 1. The highest BCUT2D eigenvalue weighted by molar-refractivity contribution is 5.84. The summed E-state index contributed by atoms with van der Waals surface area (Å²) in [6.45, 7) is 9.26. The van der Waals surface area contributed by atoms with Crippen molar-refractivity contribution >= 4 is 11.8 Å². The lowest BCUT2D eigenvalue weighted by atomic mass is 10.2. The Morgan fingerprint density at radius 1 is 1.13 bits per heavy atom.